The Kier molecular flexibility index (Phi) is 5.60. The molecule has 0 aromatic carbocycles. The van der Waals surface area contributed by atoms with Gasteiger partial charge in [0.05, 0.1) is 5.92 Å². The van der Waals surface area contributed by atoms with E-state index in [0.29, 0.717) is 0 Å². The summed E-state index contributed by atoms with van der Waals surface area (Å²) >= 11 is 0. The number of aromatic nitrogens is 2. The smallest absolute Gasteiger partial charge is 0.351 e. The van der Waals surface area contributed by atoms with Crippen LogP contribution in [0.4, 0.5) is 5.82 Å². The standard InChI is InChI=1S/C19H27N3O7/c1-11(2)17(23)26-10-12-14-15(29-19(28-14)7-4-3-5-8-19)16(27-12)22-9-6-13(21-25)20-18(22)24/h6,9,11-12,14-16,25H,3-5,7-8,10H2,1-2H3,(H,20,21,24)/t12?,14-,15-,16-/m1/s1. The molecule has 160 valence electrons. The van der Waals surface area contributed by atoms with Gasteiger partial charge in [-0.3, -0.25) is 20.0 Å². The van der Waals surface area contributed by atoms with Gasteiger partial charge in [-0.15, -0.1) is 0 Å². The van der Waals surface area contributed by atoms with Gasteiger partial charge in [0.1, 0.15) is 24.9 Å². The molecule has 0 bridgehead atoms. The molecule has 1 aromatic heterocycles. The quantitative estimate of drug-likeness (QED) is 0.551. The van der Waals surface area contributed by atoms with E-state index in [0.717, 1.165) is 32.1 Å². The summed E-state index contributed by atoms with van der Waals surface area (Å²) in [5.74, 6) is -1.22. The first-order chi connectivity index (χ1) is 13.9. The number of fused-ring (bicyclic) bond motifs is 1. The zero-order chi connectivity index (χ0) is 20.6. The third-order valence-corrected chi connectivity index (χ3v) is 5.68. The Morgan fingerprint density at radius 1 is 1.34 bits per heavy atom. The monoisotopic (exact) mass is 409 g/mol. The second-order valence-corrected chi connectivity index (χ2v) is 8.10. The Morgan fingerprint density at radius 2 is 2.07 bits per heavy atom. The van der Waals surface area contributed by atoms with Crippen molar-refractivity contribution in [2.24, 2.45) is 5.92 Å². The molecule has 3 fully saturated rings. The van der Waals surface area contributed by atoms with Crippen LogP contribution in [-0.2, 0) is 23.7 Å². The molecule has 1 aromatic rings. The average Bonchev–Trinajstić information content (AvgIpc) is 3.22. The summed E-state index contributed by atoms with van der Waals surface area (Å²) in [6, 6.07) is 1.46. The van der Waals surface area contributed by atoms with Crippen molar-refractivity contribution in [2.75, 3.05) is 12.1 Å². The van der Waals surface area contributed by atoms with E-state index in [-0.39, 0.29) is 24.3 Å². The van der Waals surface area contributed by atoms with E-state index in [2.05, 4.69) is 4.98 Å². The molecule has 10 nitrogen and oxygen atoms in total. The number of hydrogen-bond acceptors (Lipinski definition) is 9. The number of ether oxygens (including phenoxy) is 4. The number of carbonyl (C=O) groups is 1. The Bertz CT molecular complexity index is 805. The molecule has 3 aliphatic rings. The summed E-state index contributed by atoms with van der Waals surface area (Å²) < 4.78 is 25.4. The number of anilines is 1. The van der Waals surface area contributed by atoms with E-state index in [4.69, 9.17) is 24.2 Å². The fraction of sp³-hybridized carbons (Fsp3) is 0.737. The van der Waals surface area contributed by atoms with Gasteiger partial charge >= 0.3 is 11.7 Å². The highest BCUT2D eigenvalue weighted by molar-refractivity contribution is 5.71. The second-order valence-electron chi connectivity index (χ2n) is 8.10. The van der Waals surface area contributed by atoms with Crippen molar-refractivity contribution in [3.8, 4) is 0 Å². The molecule has 0 amide bonds. The number of esters is 1. The van der Waals surface area contributed by atoms with Crippen molar-refractivity contribution in [2.45, 2.75) is 76.3 Å². The van der Waals surface area contributed by atoms with Gasteiger partial charge in [0.2, 0.25) is 0 Å². The summed E-state index contributed by atoms with van der Waals surface area (Å²) in [6.45, 7) is 3.54. The molecule has 2 N–H and O–H groups in total. The lowest BCUT2D eigenvalue weighted by Gasteiger charge is -2.34. The second kappa shape index (κ2) is 8.02. The Hall–Kier alpha value is -2.01. The van der Waals surface area contributed by atoms with E-state index in [1.165, 1.54) is 16.8 Å². The molecule has 1 spiro atoms. The maximum absolute atomic E-state index is 12.4. The molecule has 1 aliphatic carbocycles. The number of hydrogen-bond donors (Lipinski definition) is 2. The lowest BCUT2D eigenvalue weighted by molar-refractivity contribution is -0.234. The first-order valence-electron chi connectivity index (χ1n) is 10.1. The Balaban J connectivity index is 1.58. The van der Waals surface area contributed by atoms with E-state index < -0.39 is 36.0 Å². The van der Waals surface area contributed by atoms with E-state index in [9.17, 15) is 9.59 Å². The minimum absolute atomic E-state index is 0.0204. The highest BCUT2D eigenvalue weighted by Gasteiger charge is 2.59. The summed E-state index contributed by atoms with van der Waals surface area (Å²) in [6.07, 6.45) is 3.90. The SMILES string of the molecule is CC(C)C(=O)OCC1O[C@@H](n2ccc(NO)nc2=O)[C@@H]2OC3(CCCCC3)O[C@H]12. The van der Waals surface area contributed by atoms with Gasteiger partial charge in [-0.1, -0.05) is 20.3 Å². The van der Waals surface area contributed by atoms with Crippen molar-refractivity contribution in [3.05, 3.63) is 22.7 Å². The maximum atomic E-state index is 12.4. The van der Waals surface area contributed by atoms with Crippen molar-refractivity contribution < 1.29 is 28.9 Å². The molecule has 3 heterocycles. The number of nitrogens with one attached hydrogen (secondary N) is 1. The number of carbonyl (C=O) groups excluding carboxylic acids is 1. The largest absolute Gasteiger partial charge is 0.463 e. The van der Waals surface area contributed by atoms with Crippen molar-refractivity contribution in [1.82, 2.24) is 9.55 Å². The summed E-state index contributed by atoms with van der Waals surface area (Å²) in [5, 5.41) is 8.96. The van der Waals surface area contributed by atoms with Gasteiger partial charge in [-0.05, 0) is 18.9 Å². The molecule has 10 heteroatoms. The van der Waals surface area contributed by atoms with Crippen molar-refractivity contribution in [1.29, 1.82) is 0 Å². The molecule has 4 atom stereocenters. The van der Waals surface area contributed by atoms with E-state index in [1.807, 2.05) is 5.48 Å². The molecule has 29 heavy (non-hydrogen) atoms. The molecule has 1 saturated carbocycles. The highest BCUT2D eigenvalue weighted by Crippen LogP contribution is 2.48. The van der Waals surface area contributed by atoms with Crippen LogP contribution >= 0.6 is 0 Å². The van der Waals surface area contributed by atoms with Crippen LogP contribution in [0, 0.1) is 5.92 Å². The van der Waals surface area contributed by atoms with E-state index in [1.54, 1.807) is 13.8 Å². The van der Waals surface area contributed by atoms with Crippen LogP contribution < -0.4 is 11.2 Å². The van der Waals surface area contributed by atoms with Gasteiger partial charge in [-0.25, -0.2) is 4.79 Å². The fourth-order valence-electron chi connectivity index (χ4n) is 4.18. The van der Waals surface area contributed by atoms with Crippen LogP contribution in [0.5, 0.6) is 0 Å². The van der Waals surface area contributed by atoms with Crippen molar-refractivity contribution in [3.63, 3.8) is 0 Å². The lowest BCUT2D eigenvalue weighted by Crippen LogP contribution is -2.38. The zero-order valence-electron chi connectivity index (χ0n) is 16.6. The molecule has 4 rings (SSSR count). The summed E-state index contributed by atoms with van der Waals surface area (Å²) in [7, 11) is 0. The van der Waals surface area contributed by atoms with Gasteiger partial charge in [0.25, 0.3) is 0 Å². The summed E-state index contributed by atoms with van der Waals surface area (Å²) in [4.78, 5) is 28.1. The van der Waals surface area contributed by atoms with Gasteiger partial charge < -0.3 is 18.9 Å². The third-order valence-electron chi connectivity index (χ3n) is 5.68. The molecule has 1 unspecified atom stereocenters. The predicted molar refractivity (Wildman–Crippen MR) is 99.2 cm³/mol. The molecular weight excluding hydrogens is 382 g/mol. The maximum Gasteiger partial charge on any atom is 0.351 e. The van der Waals surface area contributed by atoms with Crippen LogP contribution in [-0.4, -0.2) is 51.4 Å². The number of rotatable bonds is 5. The van der Waals surface area contributed by atoms with Crippen molar-refractivity contribution >= 4 is 11.8 Å². The van der Waals surface area contributed by atoms with Gasteiger partial charge in [0.15, 0.2) is 17.8 Å². The molecular formula is C19H27N3O7. The van der Waals surface area contributed by atoms with Crippen LogP contribution in [0.3, 0.4) is 0 Å². The molecule has 0 radical (unpaired) electrons. The predicted octanol–water partition coefficient (Wildman–Crippen LogP) is 1.59. The normalized spacial score (nSPS) is 30.5. The summed E-state index contributed by atoms with van der Waals surface area (Å²) in [5.41, 5.74) is 1.26. The average molecular weight is 409 g/mol. The molecule has 2 aliphatic heterocycles. The Morgan fingerprint density at radius 3 is 2.72 bits per heavy atom. The molecule has 2 saturated heterocycles. The van der Waals surface area contributed by atoms with Gasteiger partial charge in [-0.2, -0.15) is 4.98 Å². The Labute approximate surface area is 168 Å². The van der Waals surface area contributed by atoms with E-state index >= 15 is 0 Å². The number of nitrogens with zero attached hydrogens (tertiary/aromatic N) is 2. The minimum Gasteiger partial charge on any atom is -0.463 e. The highest BCUT2D eigenvalue weighted by atomic mass is 16.8. The minimum atomic E-state index is -0.767. The van der Waals surface area contributed by atoms with Crippen LogP contribution in [0.15, 0.2) is 17.1 Å². The lowest BCUT2D eigenvalue weighted by atomic mass is 9.94. The van der Waals surface area contributed by atoms with Crippen LogP contribution in [0.25, 0.3) is 0 Å². The topological polar surface area (TPSA) is 121 Å². The fourth-order valence-corrected chi connectivity index (χ4v) is 4.18. The first kappa shape index (κ1) is 20.3. The van der Waals surface area contributed by atoms with Gasteiger partial charge in [0, 0.05) is 19.0 Å². The zero-order valence-corrected chi connectivity index (χ0v) is 16.6. The third kappa shape index (κ3) is 3.89. The van der Waals surface area contributed by atoms with Crippen LogP contribution in [0.1, 0.15) is 52.2 Å². The first-order valence-corrected chi connectivity index (χ1v) is 10.1. The van der Waals surface area contributed by atoms with Crippen LogP contribution in [0.2, 0.25) is 0 Å².